The van der Waals surface area contributed by atoms with Gasteiger partial charge in [-0.25, -0.2) is 4.39 Å². The van der Waals surface area contributed by atoms with E-state index in [1.165, 1.54) is 22.9 Å². The molecule has 2 heterocycles. The zero-order valence-electron chi connectivity index (χ0n) is 23.6. The van der Waals surface area contributed by atoms with Gasteiger partial charge in [-0.15, -0.1) is 0 Å². The Bertz CT molecular complexity index is 1570. The number of halogens is 1. The number of rotatable bonds is 12. The number of phenols is 1. The molecule has 4 aromatic rings. The van der Waals surface area contributed by atoms with Gasteiger partial charge in [0.25, 0.3) is 5.91 Å². The number of benzene rings is 2. The number of nitrogens with one attached hydrogen (secondary N) is 1. The smallest absolute Gasteiger partial charge is 0.356 e. The molecular weight excluding hydrogens is 552 g/mol. The van der Waals surface area contributed by atoms with E-state index in [1.807, 2.05) is 0 Å². The van der Waals surface area contributed by atoms with E-state index in [0.29, 0.717) is 16.3 Å². The molecule has 0 saturated carbocycles. The number of phenolic OH excluding ortho intramolecular Hbond substituents is 1. The van der Waals surface area contributed by atoms with E-state index in [0.717, 1.165) is 0 Å². The summed E-state index contributed by atoms with van der Waals surface area (Å²) in [5.41, 5.74) is 1.07. The van der Waals surface area contributed by atoms with Gasteiger partial charge in [-0.1, -0.05) is 18.2 Å². The fourth-order valence-electron chi connectivity index (χ4n) is 4.51. The molecule has 1 atom stereocenters. The second-order valence-electron chi connectivity index (χ2n) is 10.4. The summed E-state index contributed by atoms with van der Waals surface area (Å²) in [5, 5.41) is 25.7. The van der Waals surface area contributed by atoms with Crippen molar-refractivity contribution in [2.24, 2.45) is 0 Å². The van der Waals surface area contributed by atoms with E-state index in [-0.39, 0.29) is 65.6 Å². The van der Waals surface area contributed by atoms with Gasteiger partial charge in [-0.2, -0.15) is 0 Å². The van der Waals surface area contributed by atoms with Crippen molar-refractivity contribution in [2.45, 2.75) is 59.5 Å². The van der Waals surface area contributed by atoms with Crippen LogP contribution in [0.25, 0.3) is 21.7 Å². The molecule has 0 spiro atoms. The number of carbonyl (C=O) groups is 1. The first-order valence-electron chi connectivity index (χ1n) is 13.3. The molecular formula is C29H35FN3O7P. The molecule has 2 aromatic carbocycles. The number of hydrogen-bond acceptors (Lipinski definition) is 8. The van der Waals surface area contributed by atoms with Gasteiger partial charge >= 0.3 is 7.60 Å². The Kier molecular flexibility index (Phi) is 9.34. The highest BCUT2D eigenvalue weighted by Gasteiger charge is 2.29. The summed E-state index contributed by atoms with van der Waals surface area (Å²) in [6.45, 7) is 8.96. The molecule has 1 amide bonds. The van der Waals surface area contributed by atoms with Crippen LogP contribution >= 0.6 is 7.60 Å². The van der Waals surface area contributed by atoms with Gasteiger partial charge < -0.3 is 33.9 Å². The number of hydrogen-bond donors (Lipinski definition) is 3. The van der Waals surface area contributed by atoms with Crippen molar-refractivity contribution < 1.29 is 37.7 Å². The number of aromatic nitrogens is 2. The molecule has 4 rings (SSSR count). The number of carbonyl (C=O) groups excluding carboxylic acids is 1. The molecule has 12 heteroatoms. The Balaban J connectivity index is 1.60. The van der Waals surface area contributed by atoms with Crippen molar-refractivity contribution >= 4 is 35.2 Å². The summed E-state index contributed by atoms with van der Waals surface area (Å²) >= 11 is 0. The summed E-state index contributed by atoms with van der Waals surface area (Å²) in [7, 11) is -3.52. The molecule has 3 N–H and O–H groups in total. The highest BCUT2D eigenvalue weighted by molar-refractivity contribution is 7.53. The van der Waals surface area contributed by atoms with Crippen LogP contribution in [0.4, 0.5) is 4.39 Å². The van der Waals surface area contributed by atoms with Gasteiger partial charge in [-0.05, 0) is 58.4 Å². The SMILES string of the molecule is CC(C)OP(=O)(CO[C@H](C)CNC(=O)c1c2cccnc2c(O)c2c(O)n(Cc3ccc(F)cc3)cc12)OC(C)C. The second kappa shape index (κ2) is 12.6. The van der Waals surface area contributed by atoms with Crippen molar-refractivity contribution in [3.63, 3.8) is 0 Å². The Hall–Kier alpha value is -3.50. The largest absolute Gasteiger partial charge is 0.505 e. The highest BCUT2D eigenvalue weighted by Crippen LogP contribution is 2.50. The number of ether oxygens (including phenoxy) is 1. The third-order valence-corrected chi connectivity index (χ3v) is 8.11. The summed E-state index contributed by atoms with van der Waals surface area (Å²) in [4.78, 5) is 17.8. The average Bonchev–Trinajstić information content (AvgIpc) is 3.22. The van der Waals surface area contributed by atoms with Gasteiger partial charge in [0.1, 0.15) is 17.7 Å². The summed E-state index contributed by atoms with van der Waals surface area (Å²) in [6.07, 6.45) is 1.56. The van der Waals surface area contributed by atoms with E-state index in [1.54, 1.807) is 65.1 Å². The first-order chi connectivity index (χ1) is 19.4. The van der Waals surface area contributed by atoms with Crippen LogP contribution in [0.5, 0.6) is 11.6 Å². The molecule has 0 aliphatic carbocycles. The van der Waals surface area contributed by atoms with Crippen molar-refractivity contribution in [3.05, 3.63) is 65.7 Å². The monoisotopic (exact) mass is 587 g/mol. The number of fused-ring (bicyclic) bond motifs is 2. The van der Waals surface area contributed by atoms with Crippen LogP contribution in [0, 0.1) is 5.82 Å². The summed E-state index contributed by atoms with van der Waals surface area (Å²) in [6, 6.07) is 9.11. The van der Waals surface area contributed by atoms with Crippen LogP contribution in [-0.4, -0.2) is 56.9 Å². The molecule has 0 radical (unpaired) electrons. The predicted octanol–water partition coefficient (Wildman–Crippen LogP) is 5.92. The van der Waals surface area contributed by atoms with E-state index in [4.69, 9.17) is 13.8 Å². The molecule has 0 fully saturated rings. The lowest BCUT2D eigenvalue weighted by Crippen LogP contribution is -2.32. The van der Waals surface area contributed by atoms with Crippen LogP contribution in [0.15, 0.2) is 48.8 Å². The lowest BCUT2D eigenvalue weighted by molar-refractivity contribution is 0.0605. The molecule has 2 aromatic heterocycles. The van der Waals surface area contributed by atoms with Gasteiger partial charge in [0.2, 0.25) is 5.88 Å². The highest BCUT2D eigenvalue weighted by atomic mass is 31.2. The fourth-order valence-corrected chi connectivity index (χ4v) is 6.40. The van der Waals surface area contributed by atoms with Crippen molar-refractivity contribution in [1.29, 1.82) is 0 Å². The zero-order chi connectivity index (χ0) is 29.9. The lowest BCUT2D eigenvalue weighted by Gasteiger charge is -2.24. The first kappa shape index (κ1) is 30.5. The minimum atomic E-state index is -3.52. The number of amides is 1. The molecule has 0 saturated heterocycles. The second-order valence-corrected chi connectivity index (χ2v) is 12.3. The summed E-state index contributed by atoms with van der Waals surface area (Å²) in [5.74, 6) is -1.38. The fraction of sp³-hybridized carbons (Fsp3) is 0.379. The van der Waals surface area contributed by atoms with Crippen LogP contribution in [0.1, 0.15) is 50.5 Å². The van der Waals surface area contributed by atoms with E-state index >= 15 is 0 Å². The van der Waals surface area contributed by atoms with Crippen molar-refractivity contribution in [2.75, 3.05) is 12.9 Å². The van der Waals surface area contributed by atoms with E-state index in [2.05, 4.69) is 10.3 Å². The molecule has 0 aliphatic heterocycles. The minimum absolute atomic E-state index is 0.0641. The predicted molar refractivity (Wildman–Crippen MR) is 154 cm³/mol. The Morgan fingerprint density at radius 1 is 1.05 bits per heavy atom. The van der Waals surface area contributed by atoms with Crippen LogP contribution < -0.4 is 5.32 Å². The molecule has 0 aliphatic rings. The third-order valence-electron chi connectivity index (χ3n) is 6.16. The molecule has 41 heavy (non-hydrogen) atoms. The molecule has 0 bridgehead atoms. The number of nitrogens with zero attached hydrogens (tertiary/aromatic N) is 2. The maximum absolute atomic E-state index is 13.6. The van der Waals surface area contributed by atoms with Crippen LogP contribution in [0.3, 0.4) is 0 Å². The van der Waals surface area contributed by atoms with E-state index in [9.17, 15) is 24.0 Å². The van der Waals surface area contributed by atoms with Crippen LogP contribution in [-0.2, 0) is 24.9 Å². The van der Waals surface area contributed by atoms with Gasteiger partial charge in [0.05, 0.1) is 35.8 Å². The standard InChI is InChI=1S/C29H35FN3O7P/c1-17(2)39-41(37,40-18(3)4)16-38-19(5)13-32-28(35)24-22-7-6-12-31-26(22)27(34)25-23(24)15-33(29(25)36)14-20-8-10-21(30)11-9-20/h6-12,15,17-19,34,36H,13-14,16H2,1-5H3,(H,32,35)/t19-/m1/s1. The number of aromatic hydroxyl groups is 2. The van der Waals surface area contributed by atoms with E-state index < -0.39 is 19.6 Å². The maximum atomic E-state index is 13.6. The Morgan fingerprint density at radius 3 is 2.34 bits per heavy atom. The maximum Gasteiger partial charge on any atom is 0.356 e. The van der Waals surface area contributed by atoms with Gasteiger partial charge in [0, 0.05) is 29.7 Å². The zero-order valence-corrected chi connectivity index (χ0v) is 24.5. The third kappa shape index (κ3) is 7.05. The normalized spacial score (nSPS) is 13.0. The number of pyridine rings is 1. The Morgan fingerprint density at radius 2 is 1.71 bits per heavy atom. The Labute approximate surface area is 237 Å². The lowest BCUT2D eigenvalue weighted by atomic mass is 10.0. The minimum Gasteiger partial charge on any atom is -0.505 e. The molecule has 0 unspecified atom stereocenters. The average molecular weight is 588 g/mol. The summed E-state index contributed by atoms with van der Waals surface area (Å²) < 4.78 is 44.7. The molecule has 10 nitrogen and oxygen atoms in total. The van der Waals surface area contributed by atoms with Crippen molar-refractivity contribution in [3.8, 4) is 11.6 Å². The quantitative estimate of drug-likeness (QED) is 0.174. The van der Waals surface area contributed by atoms with Crippen molar-refractivity contribution in [1.82, 2.24) is 14.9 Å². The van der Waals surface area contributed by atoms with Crippen LogP contribution in [0.2, 0.25) is 0 Å². The molecule has 220 valence electrons. The topological polar surface area (TPSA) is 132 Å². The van der Waals surface area contributed by atoms with Gasteiger partial charge in [-0.3, -0.25) is 14.3 Å². The first-order valence-corrected chi connectivity index (χ1v) is 15.0. The van der Waals surface area contributed by atoms with Gasteiger partial charge in [0.15, 0.2) is 5.75 Å².